The van der Waals surface area contributed by atoms with Crippen LogP contribution < -0.4 is 53.7 Å². The van der Waals surface area contributed by atoms with E-state index in [0.29, 0.717) is 13.1 Å². The number of aliphatic hydroxyl groups excluding tert-OH is 2. The minimum absolute atomic E-state index is 0. The molecule has 6 nitrogen and oxygen atoms in total. The fraction of sp³-hybridized carbons (Fsp3) is 0.235. The van der Waals surface area contributed by atoms with E-state index in [4.69, 9.17) is 0 Å². The highest BCUT2D eigenvalue weighted by Gasteiger charge is 2.06. The molecule has 44 heavy (non-hydrogen) atoms. The van der Waals surface area contributed by atoms with Crippen LogP contribution in [0, 0.1) is 0 Å². The Balaban J connectivity index is 0.00000337. The van der Waals surface area contributed by atoms with E-state index in [1.54, 1.807) is 0 Å². The fourth-order valence-corrected chi connectivity index (χ4v) is 6.10. The summed E-state index contributed by atoms with van der Waals surface area (Å²) in [6, 6.07) is 29.0. The van der Waals surface area contributed by atoms with E-state index < -0.39 is 0 Å². The van der Waals surface area contributed by atoms with Crippen LogP contribution in [0.4, 0.5) is 11.4 Å². The summed E-state index contributed by atoms with van der Waals surface area (Å²) in [5.74, 6) is 2.07. The van der Waals surface area contributed by atoms with Gasteiger partial charge in [-0.05, 0) is 59.7 Å². The van der Waals surface area contributed by atoms with Gasteiger partial charge in [-0.15, -0.1) is 0 Å². The summed E-state index contributed by atoms with van der Waals surface area (Å²) in [4.78, 5) is 0. The van der Waals surface area contributed by atoms with Gasteiger partial charge in [-0.3, -0.25) is 0 Å². The first-order valence-electron chi connectivity index (χ1n) is 14.2. The third kappa shape index (κ3) is 13.2. The van der Waals surface area contributed by atoms with E-state index in [1.165, 1.54) is 0 Å². The molecule has 10 heteroatoms. The molecule has 0 aliphatic heterocycles. The Morgan fingerprint density at radius 3 is 1.34 bits per heavy atom. The first kappa shape index (κ1) is 37.6. The molecule has 0 radical (unpaired) electrons. The zero-order valence-corrected chi connectivity index (χ0v) is 29.4. The van der Waals surface area contributed by atoms with Crippen LogP contribution in [0.15, 0.2) is 97.3 Å². The molecule has 234 valence electrons. The molecule has 0 saturated carbocycles. The number of rotatable bonds is 17. The lowest BCUT2D eigenvalue weighted by molar-refractivity contribution is -0.699. The van der Waals surface area contributed by atoms with Crippen LogP contribution in [-0.2, 0) is 13.1 Å². The molecule has 0 fully saturated rings. The summed E-state index contributed by atoms with van der Waals surface area (Å²) in [6.45, 7) is 3.27. The van der Waals surface area contributed by atoms with Crippen LogP contribution in [0.2, 0.25) is 0 Å². The number of halogens is 2. The minimum atomic E-state index is 0. The Kier molecular flexibility index (Phi) is 18.8. The molecule has 2 aromatic heterocycles. The van der Waals surface area contributed by atoms with Gasteiger partial charge >= 0.3 is 0 Å². The Labute approximate surface area is 290 Å². The van der Waals surface area contributed by atoms with Crippen molar-refractivity contribution < 1.29 is 53.3 Å². The van der Waals surface area contributed by atoms with Gasteiger partial charge in [0.15, 0.2) is 25.5 Å². The molecule has 0 amide bonds. The second kappa shape index (κ2) is 22.0. The SMILES string of the molecule is OCC[n+]1ccccc1/C=C/c1ccc(NCCSSCCNc2ccc(/C=C/c3cccc[n+]3CCO)cc2)cc1.[Br-].[Br-]. The normalized spacial score (nSPS) is 10.9. The minimum Gasteiger partial charge on any atom is -1.00 e. The number of nitrogens with one attached hydrogen (secondary N) is 2. The monoisotopic (exact) mass is 758 g/mol. The Bertz CT molecular complexity index is 1310. The van der Waals surface area contributed by atoms with E-state index in [-0.39, 0.29) is 47.2 Å². The Hall–Kier alpha value is -2.60. The van der Waals surface area contributed by atoms with Crippen molar-refractivity contribution in [1.29, 1.82) is 0 Å². The van der Waals surface area contributed by atoms with Crippen LogP contribution in [0.3, 0.4) is 0 Å². The van der Waals surface area contributed by atoms with Crippen molar-refractivity contribution in [3.63, 3.8) is 0 Å². The zero-order chi connectivity index (χ0) is 29.2. The van der Waals surface area contributed by atoms with Gasteiger partial charge in [0.2, 0.25) is 11.4 Å². The second-order valence-corrected chi connectivity index (χ2v) is 12.2. The molecule has 2 aromatic carbocycles. The third-order valence-corrected chi connectivity index (χ3v) is 8.87. The highest BCUT2D eigenvalue weighted by molar-refractivity contribution is 8.76. The highest BCUT2D eigenvalue weighted by atomic mass is 79.9. The van der Waals surface area contributed by atoms with Gasteiger partial charge in [0, 0.05) is 72.4 Å². The predicted molar refractivity (Wildman–Crippen MR) is 180 cm³/mol. The van der Waals surface area contributed by atoms with Crippen molar-refractivity contribution in [3.05, 3.63) is 120 Å². The fourth-order valence-electron chi connectivity index (χ4n) is 4.28. The Morgan fingerprint density at radius 1 is 0.545 bits per heavy atom. The van der Waals surface area contributed by atoms with Crippen molar-refractivity contribution in [2.75, 3.05) is 48.4 Å². The topological polar surface area (TPSA) is 72.3 Å². The number of nitrogens with zero attached hydrogens (tertiary/aromatic N) is 2. The molecule has 4 aromatic rings. The van der Waals surface area contributed by atoms with Gasteiger partial charge in [0.1, 0.15) is 13.2 Å². The quantitative estimate of drug-likeness (QED) is 0.0662. The number of hydrogen-bond acceptors (Lipinski definition) is 6. The third-order valence-electron chi connectivity index (χ3n) is 6.46. The maximum atomic E-state index is 9.25. The van der Waals surface area contributed by atoms with E-state index in [1.807, 2.05) is 79.5 Å². The predicted octanol–water partition coefficient (Wildman–Crippen LogP) is -0.500. The molecule has 0 spiro atoms. The molecular weight excluding hydrogens is 720 g/mol. The molecule has 4 rings (SSSR count). The Morgan fingerprint density at radius 2 is 0.955 bits per heavy atom. The lowest BCUT2D eigenvalue weighted by Gasteiger charge is -2.08. The summed E-state index contributed by atoms with van der Waals surface area (Å²) in [5.41, 5.74) is 6.67. The summed E-state index contributed by atoms with van der Waals surface area (Å²) in [7, 11) is 3.78. The molecule has 2 heterocycles. The van der Waals surface area contributed by atoms with Crippen LogP contribution in [0.25, 0.3) is 24.3 Å². The standard InChI is InChI=1S/C34H38N4O2S2.2BrH/c39-25-23-37-21-3-1-5-33(37)17-11-29-7-13-31(14-8-29)35-19-27-41-42-28-20-36-32-15-9-30(10-16-32)12-18-34-6-2-4-22-38(34)24-26-40;;/h1-18,21-22,39-40H,19-20,23-28H2;2*1H. The average molecular weight is 761 g/mol. The lowest BCUT2D eigenvalue weighted by atomic mass is 10.1. The lowest BCUT2D eigenvalue weighted by Crippen LogP contribution is -3.00. The number of benzene rings is 2. The van der Waals surface area contributed by atoms with Crippen molar-refractivity contribution in [2.24, 2.45) is 0 Å². The van der Waals surface area contributed by atoms with Crippen LogP contribution >= 0.6 is 21.6 Å². The first-order chi connectivity index (χ1) is 20.7. The number of aliphatic hydroxyl groups is 2. The smallest absolute Gasteiger partial charge is 0.205 e. The summed E-state index contributed by atoms with van der Waals surface area (Å²) in [6.07, 6.45) is 12.3. The molecular formula is C34H40Br2N4O2S2. The number of pyridine rings is 2. The maximum absolute atomic E-state index is 9.25. The van der Waals surface area contributed by atoms with Crippen molar-refractivity contribution >= 4 is 57.3 Å². The summed E-state index contributed by atoms with van der Waals surface area (Å²) in [5, 5.41) is 25.5. The molecule has 4 N–H and O–H groups in total. The van der Waals surface area contributed by atoms with Gasteiger partial charge in [-0.2, -0.15) is 9.13 Å². The summed E-state index contributed by atoms with van der Waals surface area (Å²) >= 11 is 0. The van der Waals surface area contributed by atoms with Gasteiger partial charge in [0.25, 0.3) is 0 Å². The van der Waals surface area contributed by atoms with Crippen molar-refractivity contribution in [1.82, 2.24) is 0 Å². The highest BCUT2D eigenvalue weighted by Crippen LogP contribution is 2.21. The molecule has 0 aliphatic carbocycles. The van der Waals surface area contributed by atoms with E-state index in [9.17, 15) is 10.2 Å². The number of hydrogen-bond donors (Lipinski definition) is 4. The number of aromatic nitrogens is 2. The van der Waals surface area contributed by atoms with Crippen molar-refractivity contribution in [3.8, 4) is 0 Å². The number of anilines is 2. The van der Waals surface area contributed by atoms with Crippen molar-refractivity contribution in [2.45, 2.75) is 13.1 Å². The molecule has 0 unspecified atom stereocenters. The van der Waals surface area contributed by atoms with Gasteiger partial charge in [-0.1, -0.05) is 45.9 Å². The molecule has 0 aliphatic rings. The van der Waals surface area contributed by atoms with Gasteiger partial charge in [0.05, 0.1) is 0 Å². The second-order valence-electron chi connectivity index (χ2n) is 9.49. The average Bonchev–Trinajstić information content (AvgIpc) is 3.03. The van der Waals surface area contributed by atoms with Crippen LogP contribution in [0.5, 0.6) is 0 Å². The zero-order valence-electron chi connectivity index (χ0n) is 24.6. The largest absolute Gasteiger partial charge is 1.00 e. The maximum Gasteiger partial charge on any atom is 0.205 e. The van der Waals surface area contributed by atoms with Crippen LogP contribution in [0.1, 0.15) is 22.5 Å². The van der Waals surface area contributed by atoms with E-state index in [2.05, 4.69) is 83.5 Å². The first-order valence-corrected chi connectivity index (χ1v) is 16.7. The molecule has 0 saturated heterocycles. The van der Waals surface area contributed by atoms with Gasteiger partial charge in [-0.25, -0.2) is 0 Å². The van der Waals surface area contributed by atoms with E-state index in [0.717, 1.165) is 58.5 Å². The van der Waals surface area contributed by atoms with E-state index >= 15 is 0 Å². The van der Waals surface area contributed by atoms with Crippen LogP contribution in [-0.4, -0.2) is 48.0 Å². The molecule has 0 atom stereocenters. The van der Waals surface area contributed by atoms with Gasteiger partial charge < -0.3 is 54.8 Å². The molecule has 0 bridgehead atoms. The summed E-state index contributed by atoms with van der Waals surface area (Å²) < 4.78 is 4.08.